The second kappa shape index (κ2) is 8.17. The summed E-state index contributed by atoms with van der Waals surface area (Å²) in [5.74, 6) is 0. The molecule has 2 rings (SSSR count). The highest BCUT2D eigenvalue weighted by atomic mass is 35.5. The molecule has 1 atom stereocenters. The molecule has 3 N–H and O–H groups in total. The van der Waals surface area contributed by atoms with Crippen LogP contribution in [-0.4, -0.2) is 22.3 Å². The van der Waals surface area contributed by atoms with Crippen LogP contribution in [0.5, 0.6) is 0 Å². The Morgan fingerprint density at radius 2 is 1.72 bits per heavy atom. The van der Waals surface area contributed by atoms with Gasteiger partial charge >= 0.3 is 18.4 Å². The number of carbonyl (C=O) groups is 1. The van der Waals surface area contributed by atoms with E-state index in [-0.39, 0.29) is 27.2 Å². The van der Waals surface area contributed by atoms with Gasteiger partial charge in [-0.3, -0.25) is 0 Å². The van der Waals surface area contributed by atoms with Gasteiger partial charge in [0.1, 0.15) is 0 Å². The Balaban J connectivity index is 2.10. The highest BCUT2D eigenvalue weighted by Gasteiger charge is 2.51. The van der Waals surface area contributed by atoms with Crippen LogP contribution in [0, 0.1) is 0 Å². The van der Waals surface area contributed by atoms with Crippen molar-refractivity contribution >= 4 is 46.3 Å². The number of amides is 2. The van der Waals surface area contributed by atoms with E-state index in [0.717, 1.165) is 18.3 Å². The maximum absolute atomic E-state index is 12.9. The fraction of sp³-hybridized carbons (Fsp3) is 0.333. The number of thiazole rings is 1. The number of rotatable bonds is 4. The van der Waals surface area contributed by atoms with Crippen molar-refractivity contribution in [2.75, 3.05) is 5.32 Å². The van der Waals surface area contributed by atoms with Gasteiger partial charge in [0.15, 0.2) is 10.6 Å². The number of aliphatic hydroxyl groups is 1. The molecule has 160 valence electrons. The van der Waals surface area contributed by atoms with Crippen molar-refractivity contribution in [2.45, 2.75) is 31.4 Å². The van der Waals surface area contributed by atoms with Crippen LogP contribution in [0.2, 0.25) is 10.0 Å². The molecule has 14 heteroatoms. The molecule has 0 aliphatic rings. The summed E-state index contributed by atoms with van der Waals surface area (Å²) in [6.45, 7) is 0.217. The van der Waals surface area contributed by atoms with E-state index in [4.69, 9.17) is 23.2 Å². The van der Waals surface area contributed by atoms with Gasteiger partial charge in [-0.2, -0.15) is 26.3 Å². The van der Waals surface area contributed by atoms with Crippen LogP contribution in [0.25, 0.3) is 0 Å². The predicted octanol–water partition coefficient (Wildman–Crippen LogP) is 5.56. The Kier molecular flexibility index (Phi) is 6.62. The number of hydrogen-bond donors (Lipinski definition) is 3. The van der Waals surface area contributed by atoms with E-state index in [9.17, 15) is 36.2 Å². The first-order valence-electron chi connectivity index (χ1n) is 7.48. The normalized spacial score (nSPS) is 14.4. The number of benzene rings is 1. The van der Waals surface area contributed by atoms with Gasteiger partial charge in [0.25, 0.3) is 0 Å². The van der Waals surface area contributed by atoms with Gasteiger partial charge in [0, 0.05) is 11.1 Å². The Bertz CT molecular complexity index is 891. The largest absolute Gasteiger partial charge is 0.443 e. The Morgan fingerprint density at radius 3 is 2.17 bits per heavy atom. The maximum atomic E-state index is 12.9. The second-order valence-corrected chi connectivity index (χ2v) is 7.75. The monoisotopic (exact) mass is 481 g/mol. The molecule has 29 heavy (non-hydrogen) atoms. The SMILES string of the molecule is C[C@](O)(c1cc(Cl)c(NC(=O)NCc2cnc(C(F)(F)F)s2)c(Cl)c1)C(F)(F)F. The van der Waals surface area contributed by atoms with Crippen LogP contribution >= 0.6 is 34.5 Å². The van der Waals surface area contributed by atoms with E-state index < -0.39 is 34.6 Å². The highest BCUT2D eigenvalue weighted by Crippen LogP contribution is 2.42. The first kappa shape index (κ1) is 23.5. The number of nitrogens with zero attached hydrogens (tertiary/aromatic N) is 1. The van der Waals surface area contributed by atoms with E-state index in [0.29, 0.717) is 18.3 Å². The van der Waals surface area contributed by atoms with Crippen molar-refractivity contribution in [1.29, 1.82) is 0 Å². The molecule has 0 saturated heterocycles. The Hall–Kier alpha value is -1.76. The third kappa shape index (κ3) is 5.44. The number of nitrogens with one attached hydrogen (secondary N) is 2. The minimum atomic E-state index is -5.00. The Labute approximate surface area is 173 Å². The average Bonchev–Trinajstić information content (AvgIpc) is 3.04. The van der Waals surface area contributed by atoms with Crippen molar-refractivity contribution in [3.63, 3.8) is 0 Å². The van der Waals surface area contributed by atoms with Crippen molar-refractivity contribution in [2.24, 2.45) is 0 Å². The lowest BCUT2D eigenvalue weighted by atomic mass is 9.95. The first-order chi connectivity index (χ1) is 13.1. The van der Waals surface area contributed by atoms with Crippen molar-refractivity contribution in [3.8, 4) is 0 Å². The molecule has 0 unspecified atom stereocenters. The number of halogens is 8. The van der Waals surface area contributed by atoms with Gasteiger partial charge in [-0.1, -0.05) is 23.2 Å². The van der Waals surface area contributed by atoms with Crippen molar-refractivity contribution in [3.05, 3.63) is 43.8 Å². The summed E-state index contributed by atoms with van der Waals surface area (Å²) in [4.78, 5) is 15.2. The summed E-state index contributed by atoms with van der Waals surface area (Å²) in [5, 5.41) is 12.3. The van der Waals surface area contributed by atoms with Crippen LogP contribution in [0.4, 0.5) is 36.8 Å². The summed E-state index contributed by atoms with van der Waals surface area (Å²) in [7, 11) is 0. The van der Waals surface area contributed by atoms with Gasteiger partial charge in [0.2, 0.25) is 0 Å². The lowest BCUT2D eigenvalue weighted by molar-refractivity contribution is -0.258. The zero-order valence-corrected chi connectivity index (χ0v) is 16.5. The summed E-state index contributed by atoms with van der Waals surface area (Å²) in [5.41, 5.74) is -4.12. The van der Waals surface area contributed by atoms with Crippen LogP contribution in [0.1, 0.15) is 22.4 Å². The first-order valence-corrected chi connectivity index (χ1v) is 9.05. The quantitative estimate of drug-likeness (QED) is 0.500. The molecule has 2 aromatic rings. The van der Waals surface area contributed by atoms with E-state index >= 15 is 0 Å². The van der Waals surface area contributed by atoms with Gasteiger partial charge < -0.3 is 15.7 Å². The molecule has 1 heterocycles. The molecule has 0 fully saturated rings. The van der Waals surface area contributed by atoms with Crippen LogP contribution < -0.4 is 10.6 Å². The van der Waals surface area contributed by atoms with E-state index in [1.54, 1.807) is 0 Å². The van der Waals surface area contributed by atoms with Crippen LogP contribution in [-0.2, 0) is 18.3 Å². The third-order valence-electron chi connectivity index (χ3n) is 3.61. The van der Waals surface area contributed by atoms with E-state index in [1.165, 1.54) is 0 Å². The molecule has 1 aromatic carbocycles. The number of anilines is 1. The minimum absolute atomic E-state index is 0.112. The zero-order valence-electron chi connectivity index (χ0n) is 14.2. The number of alkyl halides is 6. The fourth-order valence-electron chi connectivity index (χ4n) is 1.98. The molecule has 1 aromatic heterocycles. The van der Waals surface area contributed by atoms with E-state index in [1.807, 2.05) is 0 Å². The van der Waals surface area contributed by atoms with Gasteiger partial charge in [-0.05, 0) is 24.6 Å². The molecule has 2 amide bonds. The molecule has 0 saturated carbocycles. The number of carbonyl (C=O) groups excluding carboxylic acids is 1. The van der Waals surface area contributed by atoms with Crippen LogP contribution in [0.15, 0.2) is 18.3 Å². The third-order valence-corrected chi connectivity index (χ3v) is 5.25. The smallest absolute Gasteiger partial charge is 0.376 e. The number of urea groups is 1. The second-order valence-electron chi connectivity index (χ2n) is 5.82. The lowest BCUT2D eigenvalue weighted by Crippen LogP contribution is -2.39. The molecule has 0 aliphatic carbocycles. The highest BCUT2D eigenvalue weighted by molar-refractivity contribution is 7.11. The number of hydrogen-bond acceptors (Lipinski definition) is 4. The lowest BCUT2D eigenvalue weighted by Gasteiger charge is -2.27. The fourth-order valence-corrected chi connectivity index (χ4v) is 3.28. The number of aromatic nitrogens is 1. The predicted molar refractivity (Wildman–Crippen MR) is 95.1 cm³/mol. The topological polar surface area (TPSA) is 74.2 Å². The molecule has 0 bridgehead atoms. The van der Waals surface area contributed by atoms with Crippen LogP contribution in [0.3, 0.4) is 0 Å². The molecule has 0 aliphatic heterocycles. The van der Waals surface area contributed by atoms with Gasteiger partial charge in [-0.25, -0.2) is 9.78 Å². The molecule has 0 spiro atoms. The molecular weight excluding hydrogens is 471 g/mol. The Morgan fingerprint density at radius 1 is 1.17 bits per heavy atom. The standard InChI is InChI=1S/C15H11Cl2F6N3O2S/c1-13(28,15(21,22)23)6-2-8(16)10(9(17)3-6)26-12(27)25-5-7-4-24-11(29-7)14(18,19)20/h2-4,28H,5H2,1H3,(H2,25,26,27)/t13-/m0/s1. The van der Waals surface area contributed by atoms with Gasteiger partial charge in [-0.15, -0.1) is 11.3 Å². The summed E-state index contributed by atoms with van der Waals surface area (Å²) in [6.07, 6.45) is -8.66. The summed E-state index contributed by atoms with van der Waals surface area (Å²) in [6, 6.07) is 0.649. The van der Waals surface area contributed by atoms with E-state index in [2.05, 4.69) is 15.6 Å². The zero-order chi connectivity index (χ0) is 22.2. The van der Waals surface area contributed by atoms with Gasteiger partial charge in [0.05, 0.1) is 22.3 Å². The molecule has 0 radical (unpaired) electrons. The molecular formula is C15H11Cl2F6N3O2S. The van der Waals surface area contributed by atoms with Crippen molar-refractivity contribution < 1.29 is 36.2 Å². The average molecular weight is 482 g/mol. The summed E-state index contributed by atoms with van der Waals surface area (Å²) >= 11 is 12.1. The summed E-state index contributed by atoms with van der Waals surface area (Å²) < 4.78 is 76.3. The minimum Gasteiger partial charge on any atom is -0.376 e. The maximum Gasteiger partial charge on any atom is 0.443 e. The molecule has 5 nitrogen and oxygen atoms in total. The van der Waals surface area contributed by atoms with Crippen molar-refractivity contribution in [1.82, 2.24) is 10.3 Å².